The van der Waals surface area contributed by atoms with Gasteiger partial charge in [-0.15, -0.1) is 0 Å². The molecule has 0 radical (unpaired) electrons. The Morgan fingerprint density at radius 2 is 1.76 bits per heavy atom. The standard InChI is InChI=1S/C21H28N2OS/c1-6-20(19-12-7-15(4)13-16(19)5)23-21(25)22-17-8-10-18(11-9-17)24-14(2)3/h7-14,20H,6H2,1-5H3,(H2,22,23,25). The van der Waals surface area contributed by atoms with Gasteiger partial charge in [0.2, 0.25) is 0 Å². The first-order valence-electron chi connectivity index (χ1n) is 8.80. The number of anilines is 1. The zero-order valence-corrected chi connectivity index (χ0v) is 16.5. The number of benzene rings is 2. The maximum Gasteiger partial charge on any atom is 0.171 e. The summed E-state index contributed by atoms with van der Waals surface area (Å²) < 4.78 is 5.66. The van der Waals surface area contributed by atoms with E-state index in [0.717, 1.165) is 17.9 Å². The fourth-order valence-corrected chi connectivity index (χ4v) is 3.09. The van der Waals surface area contributed by atoms with Gasteiger partial charge in [-0.05, 0) is 81.7 Å². The second-order valence-corrected chi connectivity index (χ2v) is 7.02. The normalized spacial score (nSPS) is 11.9. The Labute approximate surface area is 156 Å². The lowest BCUT2D eigenvalue weighted by Gasteiger charge is -2.22. The van der Waals surface area contributed by atoms with Crippen molar-refractivity contribution in [3.05, 3.63) is 59.2 Å². The molecule has 0 bridgehead atoms. The minimum Gasteiger partial charge on any atom is -0.491 e. The third-order valence-electron chi connectivity index (χ3n) is 4.00. The van der Waals surface area contributed by atoms with E-state index in [1.807, 2.05) is 38.1 Å². The largest absolute Gasteiger partial charge is 0.491 e. The molecular formula is C21H28N2OS. The molecule has 3 nitrogen and oxygen atoms in total. The summed E-state index contributed by atoms with van der Waals surface area (Å²) in [5, 5.41) is 7.31. The lowest BCUT2D eigenvalue weighted by atomic mass is 9.98. The number of aryl methyl sites for hydroxylation is 2. The van der Waals surface area contributed by atoms with Crippen molar-refractivity contribution in [2.75, 3.05) is 5.32 Å². The van der Waals surface area contributed by atoms with Gasteiger partial charge in [-0.3, -0.25) is 0 Å². The molecule has 2 aromatic rings. The highest BCUT2D eigenvalue weighted by atomic mass is 32.1. The second-order valence-electron chi connectivity index (χ2n) is 6.61. The van der Waals surface area contributed by atoms with Crippen LogP contribution < -0.4 is 15.4 Å². The van der Waals surface area contributed by atoms with Crippen LogP contribution >= 0.6 is 12.2 Å². The van der Waals surface area contributed by atoms with Crippen LogP contribution in [0.2, 0.25) is 0 Å². The summed E-state index contributed by atoms with van der Waals surface area (Å²) in [6.45, 7) is 10.5. The van der Waals surface area contributed by atoms with Crippen LogP contribution in [-0.4, -0.2) is 11.2 Å². The first-order valence-corrected chi connectivity index (χ1v) is 9.21. The molecule has 4 heteroatoms. The highest BCUT2D eigenvalue weighted by Gasteiger charge is 2.13. The molecule has 2 rings (SSSR count). The molecule has 2 N–H and O–H groups in total. The van der Waals surface area contributed by atoms with Crippen LogP contribution in [0.25, 0.3) is 0 Å². The Morgan fingerprint density at radius 1 is 1.08 bits per heavy atom. The summed E-state index contributed by atoms with van der Waals surface area (Å²) >= 11 is 5.50. The number of thiocarbonyl (C=S) groups is 1. The smallest absolute Gasteiger partial charge is 0.171 e. The van der Waals surface area contributed by atoms with E-state index in [-0.39, 0.29) is 12.1 Å². The first-order chi connectivity index (χ1) is 11.9. The van der Waals surface area contributed by atoms with Crippen LogP contribution in [0, 0.1) is 13.8 Å². The Kier molecular flexibility index (Phi) is 6.82. The van der Waals surface area contributed by atoms with Crippen LogP contribution in [0.4, 0.5) is 5.69 Å². The van der Waals surface area contributed by atoms with Crippen LogP contribution in [-0.2, 0) is 0 Å². The lowest BCUT2D eigenvalue weighted by molar-refractivity contribution is 0.242. The molecule has 1 atom stereocenters. The van der Waals surface area contributed by atoms with Crippen LogP contribution in [0.5, 0.6) is 5.75 Å². The summed E-state index contributed by atoms with van der Waals surface area (Å²) in [6, 6.07) is 14.6. The molecule has 0 saturated heterocycles. The van der Waals surface area contributed by atoms with Gasteiger partial charge in [-0.25, -0.2) is 0 Å². The molecule has 2 aromatic carbocycles. The van der Waals surface area contributed by atoms with E-state index >= 15 is 0 Å². The molecule has 0 heterocycles. The van der Waals surface area contributed by atoms with Crippen LogP contribution in [0.1, 0.15) is 49.9 Å². The van der Waals surface area contributed by atoms with Crippen molar-refractivity contribution in [3.63, 3.8) is 0 Å². The fourth-order valence-electron chi connectivity index (χ4n) is 2.83. The second kappa shape index (κ2) is 8.86. The summed E-state index contributed by atoms with van der Waals surface area (Å²) in [7, 11) is 0. The zero-order chi connectivity index (χ0) is 18.4. The third kappa shape index (κ3) is 5.75. The van der Waals surface area contributed by atoms with Gasteiger partial charge >= 0.3 is 0 Å². The van der Waals surface area contributed by atoms with Gasteiger partial charge in [-0.2, -0.15) is 0 Å². The molecule has 0 spiro atoms. The Bertz CT molecular complexity index is 710. The maximum absolute atomic E-state index is 5.66. The van der Waals surface area contributed by atoms with E-state index in [2.05, 4.69) is 49.6 Å². The maximum atomic E-state index is 5.66. The SMILES string of the molecule is CCC(NC(=S)Nc1ccc(OC(C)C)cc1)c1ccc(C)cc1C. The van der Waals surface area contributed by atoms with Gasteiger partial charge in [0.05, 0.1) is 12.1 Å². The van der Waals surface area contributed by atoms with Crippen LogP contribution in [0.3, 0.4) is 0 Å². The molecule has 0 aliphatic rings. The van der Waals surface area contributed by atoms with Crippen molar-refractivity contribution >= 4 is 23.0 Å². The molecule has 1 unspecified atom stereocenters. The quantitative estimate of drug-likeness (QED) is 0.667. The fraction of sp³-hybridized carbons (Fsp3) is 0.381. The average molecular weight is 357 g/mol. The Hall–Kier alpha value is -2.07. The highest BCUT2D eigenvalue weighted by Crippen LogP contribution is 2.22. The molecule has 0 saturated carbocycles. The minimum atomic E-state index is 0.171. The summed E-state index contributed by atoms with van der Waals surface area (Å²) in [4.78, 5) is 0. The molecule has 0 aliphatic heterocycles. The van der Waals surface area contributed by atoms with Gasteiger partial charge in [0.25, 0.3) is 0 Å². The molecule has 0 fully saturated rings. The van der Waals surface area contributed by atoms with Crippen molar-refractivity contribution in [1.82, 2.24) is 5.32 Å². The van der Waals surface area contributed by atoms with E-state index in [1.165, 1.54) is 16.7 Å². The molecule has 25 heavy (non-hydrogen) atoms. The predicted octanol–water partition coefficient (Wildman–Crippen LogP) is 5.53. The van der Waals surface area contributed by atoms with Crippen LogP contribution in [0.15, 0.2) is 42.5 Å². The first kappa shape index (κ1) is 19.3. The number of hydrogen-bond donors (Lipinski definition) is 2. The van der Waals surface area contributed by atoms with E-state index in [9.17, 15) is 0 Å². The van der Waals surface area contributed by atoms with Crippen molar-refractivity contribution in [3.8, 4) is 5.75 Å². The summed E-state index contributed by atoms with van der Waals surface area (Å²) in [5.74, 6) is 0.862. The zero-order valence-electron chi connectivity index (χ0n) is 15.7. The topological polar surface area (TPSA) is 33.3 Å². The van der Waals surface area contributed by atoms with Gasteiger partial charge < -0.3 is 15.4 Å². The number of hydrogen-bond acceptors (Lipinski definition) is 2. The number of ether oxygens (including phenoxy) is 1. The minimum absolute atomic E-state index is 0.171. The van der Waals surface area contributed by atoms with E-state index in [4.69, 9.17) is 17.0 Å². The van der Waals surface area contributed by atoms with Gasteiger partial charge in [-0.1, -0.05) is 30.7 Å². The Morgan fingerprint density at radius 3 is 2.32 bits per heavy atom. The summed E-state index contributed by atoms with van der Waals surface area (Å²) in [6.07, 6.45) is 1.14. The van der Waals surface area contributed by atoms with Crippen molar-refractivity contribution in [2.24, 2.45) is 0 Å². The van der Waals surface area contributed by atoms with Gasteiger partial charge in [0.15, 0.2) is 5.11 Å². The van der Waals surface area contributed by atoms with E-state index < -0.39 is 0 Å². The molecule has 0 aromatic heterocycles. The monoisotopic (exact) mass is 356 g/mol. The molecular weight excluding hydrogens is 328 g/mol. The van der Waals surface area contributed by atoms with E-state index in [1.54, 1.807) is 0 Å². The van der Waals surface area contributed by atoms with Gasteiger partial charge in [0.1, 0.15) is 5.75 Å². The van der Waals surface area contributed by atoms with Crippen molar-refractivity contribution in [2.45, 2.75) is 53.2 Å². The predicted molar refractivity (Wildman–Crippen MR) is 111 cm³/mol. The van der Waals surface area contributed by atoms with Gasteiger partial charge in [0, 0.05) is 5.69 Å². The Balaban J connectivity index is 2.00. The van der Waals surface area contributed by atoms with Crippen molar-refractivity contribution in [1.29, 1.82) is 0 Å². The highest BCUT2D eigenvalue weighted by molar-refractivity contribution is 7.80. The van der Waals surface area contributed by atoms with E-state index in [0.29, 0.717) is 5.11 Å². The lowest BCUT2D eigenvalue weighted by Crippen LogP contribution is -2.32. The van der Waals surface area contributed by atoms with Crippen molar-refractivity contribution < 1.29 is 4.74 Å². The third-order valence-corrected chi connectivity index (χ3v) is 4.22. The number of nitrogens with one attached hydrogen (secondary N) is 2. The number of rotatable bonds is 6. The molecule has 134 valence electrons. The molecule has 0 amide bonds. The summed E-state index contributed by atoms with van der Waals surface area (Å²) in [5.41, 5.74) is 4.81. The average Bonchev–Trinajstić information content (AvgIpc) is 2.54. The molecule has 0 aliphatic carbocycles.